The molecule has 0 bridgehead atoms. The number of hydrogen-bond donors (Lipinski definition) is 1. The zero-order chi connectivity index (χ0) is 21.2. The summed E-state index contributed by atoms with van der Waals surface area (Å²) in [6.45, 7) is 10.9. The first-order chi connectivity index (χ1) is 13.7. The maximum absolute atomic E-state index is 13.1. The molecule has 29 heavy (non-hydrogen) atoms. The fourth-order valence-electron chi connectivity index (χ4n) is 3.86. The van der Waals surface area contributed by atoms with E-state index in [0.29, 0.717) is 25.6 Å². The number of hydrogen-bond acceptors (Lipinski definition) is 6. The molecule has 1 N–H and O–H groups in total. The van der Waals surface area contributed by atoms with Gasteiger partial charge in [-0.25, -0.2) is 9.97 Å². The SMILES string of the molecule is CCN(CC)S(=O)(=O)N1CCC[C@@H]1c1cc(Nc2nc(C)cc(C)n2)cc(C)n1. The van der Waals surface area contributed by atoms with Crippen molar-refractivity contribution < 1.29 is 8.42 Å². The Morgan fingerprint density at radius 3 is 2.28 bits per heavy atom. The van der Waals surface area contributed by atoms with Crippen LogP contribution in [0.15, 0.2) is 18.2 Å². The van der Waals surface area contributed by atoms with E-state index in [1.54, 1.807) is 4.31 Å². The number of aryl methyl sites for hydroxylation is 3. The second-order valence-corrected chi connectivity index (χ2v) is 9.26. The van der Waals surface area contributed by atoms with Gasteiger partial charge in [-0.15, -0.1) is 0 Å². The number of aromatic nitrogens is 3. The maximum Gasteiger partial charge on any atom is 0.282 e. The monoisotopic (exact) mass is 418 g/mol. The average Bonchev–Trinajstić information content (AvgIpc) is 3.12. The second kappa shape index (κ2) is 8.73. The van der Waals surface area contributed by atoms with E-state index in [2.05, 4.69) is 20.3 Å². The van der Waals surface area contributed by atoms with Crippen molar-refractivity contribution in [2.75, 3.05) is 25.0 Å². The van der Waals surface area contributed by atoms with Crippen molar-refractivity contribution in [3.63, 3.8) is 0 Å². The summed E-state index contributed by atoms with van der Waals surface area (Å²) in [6, 6.07) is 5.49. The van der Waals surface area contributed by atoms with E-state index in [0.717, 1.165) is 41.3 Å². The molecule has 0 aromatic carbocycles. The Morgan fingerprint density at radius 2 is 1.66 bits per heavy atom. The van der Waals surface area contributed by atoms with Crippen LogP contribution in [0.4, 0.5) is 11.6 Å². The van der Waals surface area contributed by atoms with Gasteiger partial charge >= 0.3 is 0 Å². The molecule has 8 nitrogen and oxygen atoms in total. The van der Waals surface area contributed by atoms with Crippen molar-refractivity contribution in [1.29, 1.82) is 0 Å². The predicted octanol–water partition coefficient (Wildman–Crippen LogP) is 3.26. The lowest BCUT2D eigenvalue weighted by molar-refractivity contribution is 0.335. The summed E-state index contributed by atoms with van der Waals surface area (Å²) in [4.78, 5) is 13.5. The van der Waals surface area contributed by atoms with Crippen LogP contribution >= 0.6 is 0 Å². The number of nitrogens with one attached hydrogen (secondary N) is 1. The van der Waals surface area contributed by atoms with Crippen molar-refractivity contribution in [1.82, 2.24) is 23.6 Å². The van der Waals surface area contributed by atoms with Gasteiger partial charge < -0.3 is 5.32 Å². The molecule has 1 aliphatic heterocycles. The summed E-state index contributed by atoms with van der Waals surface area (Å²) < 4.78 is 29.3. The standard InChI is InChI=1S/C20H30N6O2S/c1-6-25(7-2)29(27,28)26-10-8-9-19(26)18-13-17(12-16(5)21-18)24-20-22-14(3)11-15(4)23-20/h11-13,19H,6-10H2,1-5H3,(H,21,22,23,24)/t19-/m1/s1. The van der Waals surface area contributed by atoms with Gasteiger partial charge in [-0.3, -0.25) is 4.98 Å². The van der Waals surface area contributed by atoms with Crippen LogP contribution in [0.3, 0.4) is 0 Å². The Hall–Kier alpha value is -2.10. The number of rotatable bonds is 7. The Kier molecular flexibility index (Phi) is 6.50. The van der Waals surface area contributed by atoms with Gasteiger partial charge in [0, 0.05) is 42.4 Å². The van der Waals surface area contributed by atoms with Crippen LogP contribution in [0.1, 0.15) is 55.5 Å². The van der Waals surface area contributed by atoms with Gasteiger partial charge in [-0.05, 0) is 51.8 Å². The van der Waals surface area contributed by atoms with Gasteiger partial charge in [0.1, 0.15) is 0 Å². The van der Waals surface area contributed by atoms with E-state index in [1.165, 1.54) is 4.31 Å². The first-order valence-electron chi connectivity index (χ1n) is 10.1. The Balaban J connectivity index is 1.92. The zero-order valence-corrected chi connectivity index (χ0v) is 18.6. The van der Waals surface area contributed by atoms with Crippen molar-refractivity contribution in [3.8, 4) is 0 Å². The van der Waals surface area contributed by atoms with Gasteiger partial charge in [0.05, 0.1) is 11.7 Å². The van der Waals surface area contributed by atoms with Gasteiger partial charge in [0.2, 0.25) is 5.95 Å². The summed E-state index contributed by atoms with van der Waals surface area (Å²) in [5, 5.41) is 3.25. The Labute approximate surface area is 173 Å². The van der Waals surface area contributed by atoms with Crippen LogP contribution in [-0.2, 0) is 10.2 Å². The molecule has 1 fully saturated rings. The highest BCUT2D eigenvalue weighted by atomic mass is 32.2. The third-order valence-corrected chi connectivity index (χ3v) is 7.28. The molecule has 9 heteroatoms. The van der Waals surface area contributed by atoms with Gasteiger partial charge in [-0.2, -0.15) is 17.0 Å². The van der Waals surface area contributed by atoms with Gasteiger partial charge in [-0.1, -0.05) is 13.8 Å². The molecular formula is C20H30N6O2S. The molecular weight excluding hydrogens is 388 g/mol. The topological polar surface area (TPSA) is 91.3 Å². The largest absolute Gasteiger partial charge is 0.324 e. The lowest BCUT2D eigenvalue weighted by atomic mass is 10.1. The maximum atomic E-state index is 13.1. The van der Waals surface area contributed by atoms with Crippen LogP contribution in [0, 0.1) is 20.8 Å². The molecule has 2 aromatic rings. The first-order valence-corrected chi connectivity index (χ1v) is 11.5. The number of pyridine rings is 1. The van der Waals surface area contributed by atoms with Crippen LogP contribution in [-0.4, -0.2) is 51.6 Å². The molecule has 0 unspecified atom stereocenters. The highest BCUT2D eigenvalue weighted by Gasteiger charge is 2.38. The smallest absolute Gasteiger partial charge is 0.282 e. The summed E-state index contributed by atoms with van der Waals surface area (Å²) in [6.07, 6.45) is 1.58. The van der Waals surface area contributed by atoms with E-state index in [1.807, 2.05) is 52.8 Å². The highest BCUT2D eigenvalue weighted by molar-refractivity contribution is 7.86. The normalized spacial score (nSPS) is 17.8. The molecule has 0 saturated carbocycles. The van der Waals surface area contributed by atoms with Crippen molar-refractivity contribution in [3.05, 3.63) is 41.0 Å². The minimum atomic E-state index is -3.51. The van der Waals surface area contributed by atoms with Crippen molar-refractivity contribution >= 4 is 21.8 Å². The van der Waals surface area contributed by atoms with Crippen LogP contribution in [0.2, 0.25) is 0 Å². The minimum Gasteiger partial charge on any atom is -0.324 e. The fraction of sp³-hybridized carbons (Fsp3) is 0.550. The molecule has 0 radical (unpaired) electrons. The zero-order valence-electron chi connectivity index (χ0n) is 17.8. The van der Waals surface area contributed by atoms with Crippen molar-refractivity contribution in [2.24, 2.45) is 0 Å². The van der Waals surface area contributed by atoms with E-state index >= 15 is 0 Å². The fourth-order valence-corrected chi connectivity index (χ4v) is 5.70. The Morgan fingerprint density at radius 1 is 1.03 bits per heavy atom. The lowest BCUT2D eigenvalue weighted by Gasteiger charge is -2.29. The van der Waals surface area contributed by atoms with E-state index in [4.69, 9.17) is 0 Å². The quantitative estimate of drug-likeness (QED) is 0.742. The van der Waals surface area contributed by atoms with Crippen molar-refractivity contribution in [2.45, 2.75) is 53.5 Å². The number of nitrogens with zero attached hydrogens (tertiary/aromatic N) is 5. The van der Waals surface area contributed by atoms with Crippen LogP contribution in [0.5, 0.6) is 0 Å². The predicted molar refractivity (Wildman–Crippen MR) is 114 cm³/mol. The molecule has 3 heterocycles. The molecule has 0 spiro atoms. The van der Waals surface area contributed by atoms with E-state index < -0.39 is 10.2 Å². The summed E-state index contributed by atoms with van der Waals surface area (Å²) in [7, 11) is -3.51. The average molecular weight is 419 g/mol. The number of anilines is 2. The summed E-state index contributed by atoms with van der Waals surface area (Å²) in [5.74, 6) is 0.526. The second-order valence-electron chi connectivity index (χ2n) is 7.38. The third kappa shape index (κ3) is 4.73. The molecule has 0 aliphatic carbocycles. The third-order valence-electron chi connectivity index (χ3n) is 5.08. The summed E-state index contributed by atoms with van der Waals surface area (Å²) >= 11 is 0. The van der Waals surface area contributed by atoms with Crippen LogP contribution < -0.4 is 5.32 Å². The molecule has 158 valence electrons. The molecule has 2 aromatic heterocycles. The van der Waals surface area contributed by atoms with Crippen LogP contribution in [0.25, 0.3) is 0 Å². The molecule has 3 rings (SSSR count). The molecule has 1 atom stereocenters. The van der Waals surface area contributed by atoms with Gasteiger partial charge in [0.15, 0.2) is 0 Å². The minimum absolute atomic E-state index is 0.263. The summed E-state index contributed by atoms with van der Waals surface area (Å²) in [5.41, 5.74) is 4.16. The van der Waals surface area contributed by atoms with E-state index in [-0.39, 0.29) is 6.04 Å². The lowest BCUT2D eigenvalue weighted by Crippen LogP contribution is -2.43. The van der Waals surface area contributed by atoms with Gasteiger partial charge in [0.25, 0.3) is 10.2 Å². The molecule has 0 amide bonds. The molecule has 1 saturated heterocycles. The Bertz CT molecular complexity index is 955. The van der Waals surface area contributed by atoms with E-state index in [9.17, 15) is 8.42 Å². The first kappa shape index (κ1) is 21.6. The molecule has 1 aliphatic rings. The highest BCUT2D eigenvalue weighted by Crippen LogP contribution is 2.35.